The van der Waals surface area contributed by atoms with Crippen LogP contribution in [-0.4, -0.2) is 89.5 Å². The van der Waals surface area contributed by atoms with Gasteiger partial charge >= 0.3 is 0 Å². The van der Waals surface area contributed by atoms with E-state index in [0.717, 1.165) is 79.4 Å². The fourth-order valence-corrected chi connectivity index (χ4v) is 9.31. The number of likely N-dealkylation sites (tertiary alicyclic amines) is 1. The molecule has 0 bridgehead atoms. The van der Waals surface area contributed by atoms with E-state index >= 15 is 0 Å². The molecule has 2 N–H and O–H groups in total. The number of hydrogen-bond donors (Lipinski definition) is 2. The Balaban J connectivity index is 1.15. The molecule has 0 radical (unpaired) electrons. The zero-order valence-corrected chi connectivity index (χ0v) is 33.2. The average molecular weight is 746 g/mol. The molecule has 2 saturated heterocycles. The SMILES string of the molecule is CSc1cc(C)[nH]c(=O)c1CNC(=O)c1cc(-c2ccc(N3CC(C)O[C@@H](C)C3)nc2)c2c(c1C)OC(C)(C1CCC(N3CC(OC(C)C)C3)CC1)O2. The van der Waals surface area contributed by atoms with Crippen molar-refractivity contribution >= 4 is 23.5 Å². The van der Waals surface area contributed by atoms with Gasteiger partial charge in [-0.15, -0.1) is 11.8 Å². The lowest BCUT2D eigenvalue weighted by atomic mass is 9.80. The van der Waals surface area contributed by atoms with Crippen molar-refractivity contribution < 1.29 is 23.7 Å². The number of benzene rings is 1. The first kappa shape index (κ1) is 37.7. The fourth-order valence-electron chi connectivity index (χ4n) is 8.60. The number of amides is 1. The van der Waals surface area contributed by atoms with Crippen LogP contribution in [0, 0.1) is 19.8 Å². The molecule has 53 heavy (non-hydrogen) atoms. The Morgan fingerprint density at radius 2 is 1.75 bits per heavy atom. The van der Waals surface area contributed by atoms with Gasteiger partial charge in [0.25, 0.3) is 17.3 Å². The van der Waals surface area contributed by atoms with E-state index in [9.17, 15) is 9.59 Å². The smallest absolute Gasteiger partial charge is 0.254 e. The zero-order valence-electron chi connectivity index (χ0n) is 32.4. The Morgan fingerprint density at radius 1 is 1.06 bits per heavy atom. The Labute approximate surface area is 317 Å². The molecule has 286 valence electrons. The predicted octanol–water partition coefficient (Wildman–Crippen LogP) is 6.47. The topological polar surface area (TPSA) is 118 Å². The molecule has 1 amide bonds. The molecule has 7 rings (SSSR count). The summed E-state index contributed by atoms with van der Waals surface area (Å²) in [5.74, 6) is 1.13. The van der Waals surface area contributed by atoms with Crippen molar-refractivity contribution in [2.45, 2.75) is 122 Å². The van der Waals surface area contributed by atoms with Crippen LogP contribution < -0.4 is 25.2 Å². The zero-order chi connectivity index (χ0) is 37.6. The molecule has 5 heterocycles. The molecule has 3 fully saturated rings. The van der Waals surface area contributed by atoms with E-state index < -0.39 is 5.79 Å². The third kappa shape index (κ3) is 7.83. The Kier molecular flexibility index (Phi) is 10.9. The van der Waals surface area contributed by atoms with Crippen LogP contribution >= 0.6 is 11.8 Å². The predicted molar refractivity (Wildman–Crippen MR) is 208 cm³/mol. The summed E-state index contributed by atoms with van der Waals surface area (Å²) in [5.41, 5.74) is 3.89. The van der Waals surface area contributed by atoms with Crippen molar-refractivity contribution in [1.29, 1.82) is 0 Å². The molecule has 1 aliphatic carbocycles. The van der Waals surface area contributed by atoms with Gasteiger partial charge < -0.3 is 34.1 Å². The first-order valence-electron chi connectivity index (χ1n) is 19.2. The summed E-state index contributed by atoms with van der Waals surface area (Å²) in [6.07, 6.45) is 8.74. The summed E-state index contributed by atoms with van der Waals surface area (Å²) in [5, 5.41) is 3.03. The largest absolute Gasteiger partial charge is 0.448 e. The lowest BCUT2D eigenvalue weighted by Gasteiger charge is -2.47. The number of aromatic amines is 1. The van der Waals surface area contributed by atoms with Crippen molar-refractivity contribution in [3.63, 3.8) is 0 Å². The van der Waals surface area contributed by atoms with Crippen LogP contribution in [-0.2, 0) is 16.0 Å². The highest BCUT2D eigenvalue weighted by molar-refractivity contribution is 7.98. The van der Waals surface area contributed by atoms with E-state index in [-0.39, 0.29) is 42.2 Å². The van der Waals surface area contributed by atoms with Crippen LogP contribution in [0.3, 0.4) is 0 Å². The number of pyridine rings is 2. The van der Waals surface area contributed by atoms with Crippen molar-refractivity contribution in [2.24, 2.45) is 5.92 Å². The number of H-pyrrole nitrogens is 1. The van der Waals surface area contributed by atoms with Gasteiger partial charge in [0.05, 0.1) is 24.4 Å². The Hall–Kier alpha value is -3.58. The van der Waals surface area contributed by atoms with Crippen LogP contribution in [0.15, 0.2) is 40.2 Å². The number of ether oxygens (including phenoxy) is 4. The van der Waals surface area contributed by atoms with E-state index in [1.54, 1.807) is 0 Å². The second-order valence-corrected chi connectivity index (χ2v) is 16.7. The highest BCUT2D eigenvalue weighted by Gasteiger charge is 2.48. The first-order valence-corrected chi connectivity index (χ1v) is 20.4. The van der Waals surface area contributed by atoms with E-state index in [1.807, 2.05) is 57.5 Å². The van der Waals surface area contributed by atoms with Gasteiger partial charge in [0.1, 0.15) is 5.82 Å². The van der Waals surface area contributed by atoms with Crippen LogP contribution in [0.25, 0.3) is 11.1 Å². The number of thioether (sulfide) groups is 1. The van der Waals surface area contributed by atoms with Crippen molar-refractivity contribution in [3.05, 3.63) is 63.2 Å². The molecule has 12 heteroatoms. The van der Waals surface area contributed by atoms with Crippen LogP contribution in [0.4, 0.5) is 5.82 Å². The molecule has 4 aliphatic rings. The number of morpholine rings is 1. The molecule has 2 unspecified atom stereocenters. The second kappa shape index (κ2) is 15.3. The van der Waals surface area contributed by atoms with Gasteiger partial charge in [0, 0.05) is 96.2 Å². The average Bonchev–Trinajstić information content (AvgIpc) is 3.47. The van der Waals surface area contributed by atoms with Gasteiger partial charge in [-0.25, -0.2) is 4.98 Å². The summed E-state index contributed by atoms with van der Waals surface area (Å²) in [4.78, 5) is 40.3. The third-order valence-corrected chi connectivity index (χ3v) is 12.1. The quantitative estimate of drug-likeness (QED) is 0.224. The number of carbonyl (C=O) groups is 1. The summed E-state index contributed by atoms with van der Waals surface area (Å²) < 4.78 is 25.7. The number of fused-ring (bicyclic) bond motifs is 1. The van der Waals surface area contributed by atoms with E-state index in [0.29, 0.717) is 40.3 Å². The Morgan fingerprint density at radius 3 is 2.40 bits per heavy atom. The standard InChI is InChI=1S/C41H55N5O6S/c1-23(2)49-31-21-45(22-31)30-12-10-29(11-13-30)41(7)51-37-27(6)32(39(47)43-18-34-35(53-8)15-24(3)44-40(34)48)16-33(38(37)52-41)28-9-14-36(42-17-28)46-19-25(4)50-26(5)20-46/h9,14-17,23,25-26,29-31H,10-13,18-22H2,1-8H3,(H,43,47)(H,44,48)/t25-,26?,29?,30?,41?/m0/s1. The molecule has 3 atom stereocenters. The first-order chi connectivity index (χ1) is 25.3. The van der Waals surface area contributed by atoms with Crippen molar-refractivity contribution in [2.75, 3.05) is 37.3 Å². The molecule has 1 aromatic carbocycles. The van der Waals surface area contributed by atoms with Gasteiger partial charge in [-0.3, -0.25) is 14.5 Å². The van der Waals surface area contributed by atoms with E-state index in [4.69, 9.17) is 23.9 Å². The van der Waals surface area contributed by atoms with E-state index in [2.05, 4.69) is 47.8 Å². The maximum atomic E-state index is 14.0. The maximum absolute atomic E-state index is 14.0. The highest BCUT2D eigenvalue weighted by atomic mass is 32.2. The summed E-state index contributed by atoms with van der Waals surface area (Å²) in [6.45, 7) is 17.8. The second-order valence-electron chi connectivity index (χ2n) is 15.8. The van der Waals surface area contributed by atoms with Crippen LogP contribution in [0.1, 0.15) is 87.5 Å². The maximum Gasteiger partial charge on any atom is 0.254 e. The van der Waals surface area contributed by atoms with Gasteiger partial charge in [-0.1, -0.05) is 0 Å². The fraction of sp³-hybridized carbons (Fsp3) is 0.585. The number of hydrogen-bond acceptors (Lipinski definition) is 10. The molecule has 0 spiro atoms. The summed E-state index contributed by atoms with van der Waals surface area (Å²) in [7, 11) is 0. The number of rotatable bonds is 10. The molecule has 3 aliphatic heterocycles. The monoisotopic (exact) mass is 745 g/mol. The number of nitrogens with zero attached hydrogens (tertiary/aromatic N) is 3. The van der Waals surface area contributed by atoms with Gasteiger partial charge in [0.15, 0.2) is 11.5 Å². The van der Waals surface area contributed by atoms with Crippen LogP contribution in [0.5, 0.6) is 11.5 Å². The molecular weight excluding hydrogens is 691 g/mol. The summed E-state index contributed by atoms with van der Waals surface area (Å²) in [6, 6.07) is 8.45. The number of anilines is 1. The van der Waals surface area contributed by atoms with Crippen molar-refractivity contribution in [1.82, 2.24) is 20.2 Å². The Bertz CT molecular complexity index is 1860. The minimum absolute atomic E-state index is 0.1000. The summed E-state index contributed by atoms with van der Waals surface area (Å²) >= 11 is 1.49. The highest BCUT2D eigenvalue weighted by Crippen LogP contribution is 2.53. The minimum Gasteiger partial charge on any atom is -0.448 e. The van der Waals surface area contributed by atoms with Crippen molar-refractivity contribution in [3.8, 4) is 22.6 Å². The van der Waals surface area contributed by atoms with Crippen LogP contribution in [0.2, 0.25) is 0 Å². The number of aryl methyl sites for hydroxylation is 1. The third-order valence-electron chi connectivity index (χ3n) is 11.3. The molecule has 1 saturated carbocycles. The number of nitrogens with one attached hydrogen (secondary N) is 2. The molecule has 11 nitrogen and oxygen atoms in total. The number of aromatic nitrogens is 2. The molecule has 3 aromatic rings. The molecular formula is C41H55N5O6S. The van der Waals surface area contributed by atoms with Gasteiger partial charge in [-0.05, 0) is 97.7 Å². The molecule has 2 aromatic heterocycles. The number of carbonyl (C=O) groups excluding carboxylic acids is 1. The minimum atomic E-state index is -0.879. The lowest BCUT2D eigenvalue weighted by molar-refractivity contribution is -0.135. The van der Waals surface area contributed by atoms with Gasteiger partial charge in [0.2, 0.25) is 0 Å². The normalized spacial score (nSPS) is 26.2. The lowest BCUT2D eigenvalue weighted by Crippen LogP contribution is -2.58. The van der Waals surface area contributed by atoms with E-state index in [1.165, 1.54) is 11.8 Å². The van der Waals surface area contributed by atoms with Gasteiger partial charge in [-0.2, -0.15) is 0 Å².